The molecule has 1 aromatic carbocycles. The Kier molecular flexibility index (Phi) is 9.79. The summed E-state index contributed by atoms with van der Waals surface area (Å²) in [6.07, 6.45) is -2.18. The zero-order chi connectivity index (χ0) is 26.5. The Morgan fingerprint density at radius 3 is 2.67 bits per heavy atom. The van der Waals surface area contributed by atoms with Gasteiger partial charge in [-0.15, -0.1) is 0 Å². The number of allylic oxidation sites excluding steroid dienone is 2. The number of unbranched alkanes of at least 4 members (excludes halogenated alkanes) is 1. The number of aliphatic hydroxyl groups is 3. The molecule has 2 aliphatic rings. The van der Waals surface area contributed by atoms with E-state index in [-0.39, 0.29) is 42.7 Å². The topological polar surface area (TPSA) is 109 Å². The number of benzene rings is 1. The van der Waals surface area contributed by atoms with Crippen molar-refractivity contribution < 1.29 is 47.5 Å². The molecule has 1 heterocycles. The second-order valence-corrected chi connectivity index (χ2v) is 9.72. The summed E-state index contributed by atoms with van der Waals surface area (Å²) in [5.41, 5.74) is -0.843. The van der Waals surface area contributed by atoms with E-state index in [0.717, 1.165) is 12.1 Å². The molecular weight excluding hydrogens is 481 g/mol. The van der Waals surface area contributed by atoms with Gasteiger partial charge in [-0.25, -0.2) is 0 Å². The van der Waals surface area contributed by atoms with E-state index in [1.165, 1.54) is 12.1 Å². The number of hydrogen-bond donors (Lipinski definition) is 3. The number of hydrogen-bond acceptors (Lipinski definition) is 7. The van der Waals surface area contributed by atoms with Gasteiger partial charge >= 0.3 is 12.1 Å². The molecule has 2 fully saturated rings. The van der Waals surface area contributed by atoms with Gasteiger partial charge in [0.25, 0.3) is 0 Å². The molecule has 1 aromatic rings. The van der Waals surface area contributed by atoms with E-state index in [9.17, 15) is 33.3 Å². The zero-order valence-corrected chi connectivity index (χ0v) is 20.4. The minimum Gasteiger partial charge on any atom is -0.491 e. The minimum atomic E-state index is -4.49. The number of carbonyl (C=O) groups excluding carboxylic acids is 1. The number of epoxide rings is 1. The summed E-state index contributed by atoms with van der Waals surface area (Å²) in [5.74, 6) is -0.911. The standard InChI is InChI=1S/C26H35F3O7/c1-15(2)35-22(33)11-6-4-3-5-10-18-19(30)13-20(31)23(18)25-24(36-25)21(32)14-34-17-9-7-8-16(12-17)26(27,28)29/h3,5,7-9,12,15,18-21,23-25,30-32H,4,6,10-11,13-14H2,1-2H3/b5-3-/t18-,19-,20+,21-,23+,24?,25?/m0/s1. The van der Waals surface area contributed by atoms with Crippen molar-refractivity contribution in [1.29, 1.82) is 0 Å². The van der Waals surface area contributed by atoms with E-state index in [2.05, 4.69) is 0 Å². The quantitative estimate of drug-likeness (QED) is 0.168. The molecule has 7 nitrogen and oxygen atoms in total. The largest absolute Gasteiger partial charge is 0.491 e. The molecule has 2 unspecified atom stereocenters. The van der Waals surface area contributed by atoms with Crippen LogP contribution in [-0.4, -0.2) is 64.5 Å². The van der Waals surface area contributed by atoms with E-state index in [0.29, 0.717) is 25.7 Å². The van der Waals surface area contributed by atoms with Crippen LogP contribution in [0.25, 0.3) is 0 Å². The zero-order valence-electron chi connectivity index (χ0n) is 20.4. The summed E-state index contributed by atoms with van der Waals surface area (Å²) < 4.78 is 54.7. The second kappa shape index (κ2) is 12.4. The summed E-state index contributed by atoms with van der Waals surface area (Å²) in [6, 6.07) is 4.41. The van der Waals surface area contributed by atoms with Crippen LogP contribution in [0.5, 0.6) is 5.75 Å². The number of esters is 1. The third kappa shape index (κ3) is 7.93. The van der Waals surface area contributed by atoms with Crippen LogP contribution in [0.4, 0.5) is 13.2 Å². The van der Waals surface area contributed by atoms with Crippen molar-refractivity contribution in [3.8, 4) is 5.75 Å². The molecular formula is C26H35F3O7. The Bertz CT molecular complexity index is 889. The maximum absolute atomic E-state index is 12.9. The van der Waals surface area contributed by atoms with Crippen LogP contribution in [0.2, 0.25) is 0 Å². The molecule has 0 amide bonds. The van der Waals surface area contributed by atoms with Crippen LogP contribution in [-0.2, 0) is 20.4 Å². The fourth-order valence-electron chi connectivity index (χ4n) is 4.75. The first-order chi connectivity index (χ1) is 17.0. The highest BCUT2D eigenvalue weighted by atomic mass is 19.4. The lowest BCUT2D eigenvalue weighted by molar-refractivity contribution is -0.147. The summed E-state index contributed by atoms with van der Waals surface area (Å²) in [5, 5.41) is 31.4. The van der Waals surface area contributed by atoms with Crippen LogP contribution in [0.1, 0.15) is 51.5 Å². The fourth-order valence-corrected chi connectivity index (χ4v) is 4.75. The molecule has 10 heteroatoms. The lowest BCUT2D eigenvalue weighted by Crippen LogP contribution is -2.32. The van der Waals surface area contributed by atoms with Crippen molar-refractivity contribution in [1.82, 2.24) is 0 Å². The van der Waals surface area contributed by atoms with E-state index >= 15 is 0 Å². The minimum absolute atomic E-state index is 0.0159. The summed E-state index contributed by atoms with van der Waals surface area (Å²) in [7, 11) is 0. The van der Waals surface area contributed by atoms with Crippen molar-refractivity contribution in [3.63, 3.8) is 0 Å². The van der Waals surface area contributed by atoms with E-state index in [1.807, 2.05) is 12.2 Å². The molecule has 36 heavy (non-hydrogen) atoms. The molecule has 1 aliphatic heterocycles. The van der Waals surface area contributed by atoms with Gasteiger partial charge in [0.1, 0.15) is 24.6 Å². The molecule has 7 atom stereocenters. The van der Waals surface area contributed by atoms with Crippen LogP contribution in [0.3, 0.4) is 0 Å². The summed E-state index contributed by atoms with van der Waals surface area (Å²) in [6.45, 7) is 3.33. The van der Waals surface area contributed by atoms with Crippen molar-refractivity contribution in [3.05, 3.63) is 42.0 Å². The molecule has 1 aliphatic carbocycles. The van der Waals surface area contributed by atoms with Crippen molar-refractivity contribution in [2.24, 2.45) is 11.8 Å². The molecule has 202 valence electrons. The van der Waals surface area contributed by atoms with Gasteiger partial charge in [0.15, 0.2) is 0 Å². The number of ether oxygens (including phenoxy) is 3. The van der Waals surface area contributed by atoms with Crippen molar-refractivity contribution >= 4 is 5.97 Å². The molecule has 0 aromatic heterocycles. The number of halogens is 3. The maximum atomic E-state index is 12.9. The fraction of sp³-hybridized carbons (Fsp3) is 0.654. The average molecular weight is 517 g/mol. The monoisotopic (exact) mass is 516 g/mol. The Morgan fingerprint density at radius 2 is 1.97 bits per heavy atom. The third-order valence-corrected chi connectivity index (χ3v) is 6.51. The molecule has 0 radical (unpaired) electrons. The molecule has 1 saturated carbocycles. The van der Waals surface area contributed by atoms with E-state index in [1.54, 1.807) is 13.8 Å². The first-order valence-electron chi connectivity index (χ1n) is 12.3. The van der Waals surface area contributed by atoms with Crippen molar-refractivity contribution in [2.45, 2.75) is 88.8 Å². The third-order valence-electron chi connectivity index (χ3n) is 6.51. The number of rotatable bonds is 12. The number of carbonyl (C=O) groups is 1. The Morgan fingerprint density at radius 1 is 1.22 bits per heavy atom. The van der Waals surface area contributed by atoms with Gasteiger partial charge in [-0.3, -0.25) is 4.79 Å². The highest BCUT2D eigenvalue weighted by molar-refractivity contribution is 5.69. The Balaban J connectivity index is 1.46. The molecule has 3 N–H and O–H groups in total. The highest BCUT2D eigenvalue weighted by Gasteiger charge is 2.57. The maximum Gasteiger partial charge on any atom is 0.416 e. The van der Waals surface area contributed by atoms with Gasteiger partial charge in [-0.1, -0.05) is 18.2 Å². The average Bonchev–Trinajstić information content (AvgIpc) is 3.52. The van der Waals surface area contributed by atoms with Gasteiger partial charge < -0.3 is 29.5 Å². The Hall–Kier alpha value is -2.14. The number of aliphatic hydroxyl groups excluding tert-OH is 3. The molecule has 3 rings (SSSR count). The first kappa shape index (κ1) is 28.4. The normalized spacial score (nSPS) is 29.0. The van der Waals surface area contributed by atoms with Gasteiger partial charge in [0.05, 0.1) is 30.0 Å². The van der Waals surface area contributed by atoms with Crippen LogP contribution in [0, 0.1) is 11.8 Å². The predicted molar refractivity (Wildman–Crippen MR) is 124 cm³/mol. The first-order valence-corrected chi connectivity index (χ1v) is 12.3. The van der Waals surface area contributed by atoms with Crippen LogP contribution >= 0.6 is 0 Å². The van der Waals surface area contributed by atoms with E-state index < -0.39 is 42.3 Å². The number of alkyl halides is 3. The van der Waals surface area contributed by atoms with Gasteiger partial charge in [-0.2, -0.15) is 13.2 Å². The lowest BCUT2D eigenvalue weighted by atomic mass is 9.86. The summed E-state index contributed by atoms with van der Waals surface area (Å²) >= 11 is 0. The SMILES string of the molecule is CC(C)OC(=O)CCC/C=C\C[C@@H]1[C@@H](C2OC2[C@@H](O)COc2cccc(C(F)(F)F)c2)[C@H](O)C[C@@H]1O. The predicted octanol–water partition coefficient (Wildman–Crippen LogP) is 3.64. The van der Waals surface area contributed by atoms with Gasteiger partial charge in [-0.05, 0) is 63.6 Å². The highest BCUT2D eigenvalue weighted by Crippen LogP contribution is 2.46. The van der Waals surface area contributed by atoms with Gasteiger partial charge in [0, 0.05) is 12.3 Å². The second-order valence-electron chi connectivity index (χ2n) is 9.72. The van der Waals surface area contributed by atoms with Crippen LogP contribution < -0.4 is 4.74 Å². The van der Waals surface area contributed by atoms with E-state index in [4.69, 9.17) is 14.2 Å². The lowest BCUT2D eigenvalue weighted by Gasteiger charge is -2.21. The molecule has 0 bridgehead atoms. The molecule has 0 spiro atoms. The van der Waals surface area contributed by atoms with Crippen LogP contribution in [0.15, 0.2) is 36.4 Å². The smallest absolute Gasteiger partial charge is 0.416 e. The van der Waals surface area contributed by atoms with Crippen molar-refractivity contribution in [2.75, 3.05) is 6.61 Å². The van der Waals surface area contributed by atoms with Gasteiger partial charge in [0.2, 0.25) is 0 Å². The Labute approximate surface area is 208 Å². The summed E-state index contributed by atoms with van der Waals surface area (Å²) in [4.78, 5) is 11.6. The molecule has 1 saturated heterocycles.